The van der Waals surface area contributed by atoms with Gasteiger partial charge in [0.15, 0.2) is 5.96 Å². The smallest absolute Gasteiger partial charge is 0.326 e. The van der Waals surface area contributed by atoms with E-state index in [0.29, 0.717) is 36.9 Å². The van der Waals surface area contributed by atoms with E-state index in [0.717, 1.165) is 0 Å². The number of carbonyl (C=O) groups excluding carboxylic acids is 9. The third-order valence-electron chi connectivity index (χ3n) is 13.6. The third-order valence-corrected chi connectivity index (χ3v) is 13.6. The number of nitrogens with zero attached hydrogens (tertiary/aromatic N) is 3. The first-order chi connectivity index (χ1) is 37.5. The molecule has 0 spiro atoms. The number of amides is 9. The minimum Gasteiger partial charge on any atom is -0.481 e. The summed E-state index contributed by atoms with van der Waals surface area (Å²) in [4.78, 5) is 156. The molecule has 0 aliphatic carbocycles. The summed E-state index contributed by atoms with van der Waals surface area (Å²) in [7, 11) is 0. The van der Waals surface area contributed by atoms with Crippen molar-refractivity contribution in [3.8, 4) is 0 Å². The molecule has 1 aromatic heterocycles. The molecule has 10 atom stereocenters. The number of hydrogen-bond acceptors (Lipinski definition) is 15. The first-order valence-electron chi connectivity index (χ1n) is 26.1. The Morgan fingerprint density at radius 3 is 1.96 bits per heavy atom. The molecular formula is C50H75N15O14. The van der Waals surface area contributed by atoms with Gasteiger partial charge in [-0.1, -0.05) is 50.6 Å². The fourth-order valence-electron chi connectivity index (χ4n) is 8.99. The molecule has 79 heavy (non-hydrogen) atoms. The van der Waals surface area contributed by atoms with E-state index in [1.807, 2.05) is 0 Å². The van der Waals surface area contributed by atoms with Gasteiger partial charge in [0.25, 0.3) is 0 Å². The minimum absolute atomic E-state index is 0.0117. The second kappa shape index (κ2) is 31.3. The van der Waals surface area contributed by atoms with Crippen LogP contribution in [0.5, 0.6) is 0 Å². The lowest BCUT2D eigenvalue weighted by molar-refractivity contribution is -0.144. The number of benzene rings is 1. The van der Waals surface area contributed by atoms with Gasteiger partial charge in [-0.2, -0.15) is 0 Å². The van der Waals surface area contributed by atoms with E-state index in [4.69, 9.17) is 16.9 Å². The molecule has 4 rings (SSSR count). The van der Waals surface area contributed by atoms with Crippen LogP contribution in [0.15, 0.2) is 42.9 Å². The van der Waals surface area contributed by atoms with Gasteiger partial charge in [0.2, 0.25) is 53.2 Å². The number of aromatic amines is 1. The van der Waals surface area contributed by atoms with Gasteiger partial charge >= 0.3 is 11.9 Å². The van der Waals surface area contributed by atoms with E-state index in [1.54, 1.807) is 50.4 Å². The number of imidazole rings is 1. The van der Waals surface area contributed by atoms with Crippen molar-refractivity contribution in [1.82, 2.24) is 62.3 Å². The Labute approximate surface area is 455 Å². The number of carbonyl (C=O) groups is 11. The number of nitrogens with two attached hydrogens (primary N) is 2. The number of carboxylic acids is 2. The van der Waals surface area contributed by atoms with Gasteiger partial charge in [-0.25, -0.2) is 9.78 Å². The van der Waals surface area contributed by atoms with Crippen LogP contribution in [0.4, 0.5) is 0 Å². The number of aromatic nitrogens is 2. The summed E-state index contributed by atoms with van der Waals surface area (Å²) < 4.78 is 0. The van der Waals surface area contributed by atoms with Gasteiger partial charge in [-0.15, -0.1) is 0 Å². The van der Waals surface area contributed by atoms with Crippen LogP contribution in [-0.2, 0) is 65.6 Å². The molecule has 9 amide bonds. The number of hydrogen-bond donors (Lipinski definition) is 15. The van der Waals surface area contributed by atoms with Crippen LogP contribution >= 0.6 is 0 Å². The Balaban J connectivity index is 1.41. The maximum atomic E-state index is 14.5. The molecule has 2 aliphatic rings. The lowest BCUT2D eigenvalue weighted by Gasteiger charge is -2.31. The molecular weight excluding hydrogens is 1030 g/mol. The van der Waals surface area contributed by atoms with Crippen LogP contribution in [0.2, 0.25) is 0 Å². The zero-order chi connectivity index (χ0) is 58.3. The number of aliphatic hydroxyl groups excluding tert-OH is 1. The van der Waals surface area contributed by atoms with E-state index in [2.05, 4.69) is 52.5 Å². The average Bonchev–Trinajstić information content (AvgIpc) is 4.25. The summed E-state index contributed by atoms with van der Waals surface area (Å²) in [5, 5.41) is 56.5. The van der Waals surface area contributed by atoms with Crippen LogP contribution in [0.3, 0.4) is 0 Å². The molecule has 2 aromatic rings. The van der Waals surface area contributed by atoms with Crippen molar-refractivity contribution in [3.63, 3.8) is 0 Å². The predicted octanol–water partition coefficient (Wildman–Crippen LogP) is -4.20. The monoisotopic (exact) mass is 1110 g/mol. The van der Waals surface area contributed by atoms with Gasteiger partial charge in [-0.3, -0.25) is 53.4 Å². The molecule has 3 heterocycles. The van der Waals surface area contributed by atoms with E-state index in [-0.39, 0.29) is 57.7 Å². The highest BCUT2D eigenvalue weighted by Gasteiger charge is 2.41. The highest BCUT2D eigenvalue weighted by Crippen LogP contribution is 2.22. The Hall–Kier alpha value is -8.21. The van der Waals surface area contributed by atoms with Gasteiger partial charge < -0.3 is 84.1 Å². The van der Waals surface area contributed by atoms with Crippen LogP contribution in [-0.4, -0.2) is 193 Å². The summed E-state index contributed by atoms with van der Waals surface area (Å²) in [5.74, 6) is -10.7. The molecule has 29 heteroatoms. The van der Waals surface area contributed by atoms with Crippen molar-refractivity contribution in [3.05, 3.63) is 54.1 Å². The molecule has 17 N–H and O–H groups in total. The van der Waals surface area contributed by atoms with Gasteiger partial charge in [-0.05, 0) is 63.4 Å². The summed E-state index contributed by atoms with van der Waals surface area (Å²) >= 11 is 0. The van der Waals surface area contributed by atoms with Crippen LogP contribution < -0.4 is 54.0 Å². The molecule has 434 valence electrons. The number of aliphatic carboxylic acids is 2. The first kappa shape index (κ1) is 63.3. The van der Waals surface area contributed by atoms with E-state index in [9.17, 15) is 68.1 Å². The maximum Gasteiger partial charge on any atom is 0.326 e. The summed E-state index contributed by atoms with van der Waals surface area (Å²) in [6.45, 7) is 3.65. The van der Waals surface area contributed by atoms with Crippen molar-refractivity contribution < 1.29 is 68.1 Å². The normalized spacial score (nSPS) is 17.9. The molecule has 0 saturated carbocycles. The average molecular weight is 1110 g/mol. The Bertz CT molecular complexity index is 2470. The maximum absolute atomic E-state index is 14.5. The quantitative estimate of drug-likeness (QED) is 0.0193. The standard InChI is InChI=1S/C50H75N15O14/c1-4-27(2)40(63-38(67)24-56-44(73)36-14-9-19-64(36)47(76)31(51)22-30-23-54-26-57-30)46(75)58-28(3)41(70)59-32(16-17-39(68)69)42(71)61-34(21-29-11-6-5-7-12-29)48(77)65-20-10-15-37(65)45(74)62-35(25-66)43(72)60-33(49(78)79)13-8-18-55-50(52)53/h5-7,11-12,23,26-28,31-37,40,66H,4,8-10,13-22,24-25,51H2,1-3H3,(H,54,57)(H,56,73)(H,58,75)(H,59,70)(H,60,72)(H,61,71)(H,62,74)(H,63,67)(H,68,69)(H,78,79)(H4,52,53,55)/t27-,28-,31-,32-,33-,34-,35-,36-,37-,40-/m0/s1. The predicted molar refractivity (Wildman–Crippen MR) is 280 cm³/mol. The molecule has 29 nitrogen and oxygen atoms in total. The van der Waals surface area contributed by atoms with Gasteiger partial charge in [0.1, 0.15) is 48.3 Å². The van der Waals surface area contributed by atoms with Gasteiger partial charge in [0.05, 0.1) is 31.2 Å². The number of guanidine groups is 1. The highest BCUT2D eigenvalue weighted by molar-refractivity contribution is 5.98. The van der Waals surface area contributed by atoms with Crippen molar-refractivity contribution in [2.24, 2.45) is 17.4 Å². The summed E-state index contributed by atoms with van der Waals surface area (Å²) in [6.07, 6.45) is 3.70. The van der Waals surface area contributed by atoms with Crippen molar-refractivity contribution in [2.75, 3.05) is 32.8 Å². The fraction of sp³-hybridized carbons (Fsp3) is 0.580. The molecule has 0 unspecified atom stereocenters. The summed E-state index contributed by atoms with van der Waals surface area (Å²) in [6, 6.07) is -3.33. The number of aliphatic hydroxyl groups is 1. The Kier molecular flexibility index (Phi) is 25.1. The zero-order valence-corrected chi connectivity index (χ0v) is 44.5. The molecule has 2 fully saturated rings. The van der Waals surface area contributed by atoms with E-state index < -0.39 is 151 Å². The van der Waals surface area contributed by atoms with E-state index >= 15 is 0 Å². The van der Waals surface area contributed by atoms with Gasteiger partial charge in [0, 0.05) is 45.1 Å². The molecule has 0 bridgehead atoms. The lowest BCUT2D eigenvalue weighted by atomic mass is 9.98. The fourth-order valence-corrected chi connectivity index (χ4v) is 8.99. The number of likely N-dealkylation sites (tertiary alicyclic amines) is 2. The third kappa shape index (κ3) is 19.6. The SMILES string of the molecule is CC[C@H](C)[C@H](NC(=O)CNC(=O)[C@@H]1CCCN1C(=O)[C@@H](N)Cc1c[nH]cn1)C(=O)N[C@@H](C)C(=O)N[C@@H](CCC(=O)O)C(=O)N[C@@H](Cc1ccccc1)C(=O)N1CCC[C@H]1C(=O)N[C@@H](CO)C(=O)N[C@@H](CCCNC(=N)N)C(=O)O. The van der Waals surface area contributed by atoms with Crippen molar-refractivity contribution in [2.45, 2.75) is 146 Å². The largest absolute Gasteiger partial charge is 0.481 e. The number of H-pyrrole nitrogens is 1. The molecule has 1 aromatic carbocycles. The zero-order valence-electron chi connectivity index (χ0n) is 44.5. The van der Waals surface area contributed by atoms with Crippen LogP contribution in [0.1, 0.15) is 89.8 Å². The molecule has 2 saturated heterocycles. The lowest BCUT2D eigenvalue weighted by Crippen LogP contribution is -2.60. The number of nitrogens with one attached hydrogen (secondary N) is 10. The first-order valence-corrected chi connectivity index (χ1v) is 26.1. The van der Waals surface area contributed by atoms with Crippen molar-refractivity contribution >= 4 is 71.1 Å². The Morgan fingerprint density at radius 2 is 1.37 bits per heavy atom. The minimum atomic E-state index is -1.63. The highest BCUT2D eigenvalue weighted by atomic mass is 16.4. The second-order valence-electron chi connectivity index (χ2n) is 19.5. The molecule has 0 radical (unpaired) electrons. The van der Waals surface area contributed by atoms with Crippen molar-refractivity contribution in [1.29, 1.82) is 5.41 Å². The van der Waals surface area contributed by atoms with E-state index in [1.165, 1.54) is 23.1 Å². The van der Waals surface area contributed by atoms with Crippen LogP contribution in [0.25, 0.3) is 0 Å². The van der Waals surface area contributed by atoms with Crippen LogP contribution in [0, 0.1) is 11.3 Å². The Morgan fingerprint density at radius 1 is 0.747 bits per heavy atom. The number of rotatable bonds is 31. The second-order valence-corrected chi connectivity index (χ2v) is 19.5. The summed E-state index contributed by atoms with van der Waals surface area (Å²) in [5.41, 5.74) is 12.5. The topological polar surface area (TPSA) is 456 Å². The number of carboxylic acid groups (broad SMARTS) is 2. The molecule has 2 aliphatic heterocycles.